The number of benzene rings is 2. The molecule has 0 aromatic heterocycles. The van der Waals surface area contributed by atoms with Gasteiger partial charge in [-0.3, -0.25) is 4.79 Å². The first-order valence-corrected chi connectivity index (χ1v) is 12.1. The topological polar surface area (TPSA) is 75.7 Å². The molecule has 1 saturated heterocycles. The predicted molar refractivity (Wildman–Crippen MR) is 121 cm³/mol. The number of sulfonamides is 1. The molecule has 1 atom stereocenters. The molecule has 31 heavy (non-hydrogen) atoms. The van der Waals surface area contributed by atoms with E-state index >= 15 is 0 Å². The van der Waals surface area contributed by atoms with Crippen molar-refractivity contribution in [3.63, 3.8) is 0 Å². The molecule has 2 aromatic rings. The summed E-state index contributed by atoms with van der Waals surface area (Å²) in [5, 5.41) is 2.84. The smallest absolute Gasteiger partial charge is 0.244 e. The van der Waals surface area contributed by atoms with Gasteiger partial charge < -0.3 is 10.1 Å². The van der Waals surface area contributed by atoms with Crippen molar-refractivity contribution in [3.05, 3.63) is 64.2 Å². The minimum Gasteiger partial charge on any atom is -0.376 e. The fraction of sp³-hybridized carbons (Fsp3) is 0.458. The Bertz CT molecular complexity index is 1000. The average molecular weight is 445 g/mol. The highest BCUT2D eigenvalue weighted by Crippen LogP contribution is 2.26. The van der Waals surface area contributed by atoms with Crippen LogP contribution < -0.4 is 5.32 Å². The molecule has 2 aromatic carbocycles. The van der Waals surface area contributed by atoms with Gasteiger partial charge in [-0.05, 0) is 57.2 Å². The third-order valence-electron chi connectivity index (χ3n) is 5.55. The maximum Gasteiger partial charge on any atom is 0.244 e. The van der Waals surface area contributed by atoms with Crippen molar-refractivity contribution in [2.24, 2.45) is 0 Å². The average Bonchev–Trinajstić information content (AvgIpc) is 3.20. The van der Waals surface area contributed by atoms with Crippen LogP contribution in [0.15, 0.2) is 41.3 Å². The molecule has 168 valence electrons. The standard InChI is InChI=1S/C24H32N2O4S/c1-17-7-9-21(10-8-17)15-26(16-23(27)25-14-22-6-5-11-30-22)31(28,29)24-19(3)12-18(2)13-20(24)4/h7-10,12-13,22H,5-6,11,14-16H2,1-4H3,(H,25,27)/t22-/m0/s1. The summed E-state index contributed by atoms with van der Waals surface area (Å²) in [6, 6.07) is 11.4. The number of aryl methyl sites for hydroxylation is 4. The quantitative estimate of drug-likeness (QED) is 0.677. The summed E-state index contributed by atoms with van der Waals surface area (Å²) in [6.45, 7) is 8.52. The number of ether oxygens (including phenoxy) is 1. The van der Waals surface area contributed by atoms with Crippen LogP contribution in [-0.4, -0.2) is 44.4 Å². The van der Waals surface area contributed by atoms with Crippen LogP contribution in [0.3, 0.4) is 0 Å². The van der Waals surface area contributed by atoms with Gasteiger partial charge in [-0.2, -0.15) is 4.31 Å². The maximum atomic E-state index is 13.7. The van der Waals surface area contributed by atoms with Gasteiger partial charge >= 0.3 is 0 Å². The van der Waals surface area contributed by atoms with E-state index in [0.717, 1.165) is 29.5 Å². The summed E-state index contributed by atoms with van der Waals surface area (Å²) in [5.74, 6) is -0.325. The number of carbonyl (C=O) groups is 1. The Hall–Kier alpha value is -2.22. The predicted octanol–water partition coefficient (Wildman–Crippen LogP) is 3.41. The van der Waals surface area contributed by atoms with Crippen LogP contribution in [-0.2, 0) is 26.1 Å². The van der Waals surface area contributed by atoms with Crippen LogP contribution in [0.2, 0.25) is 0 Å². The van der Waals surface area contributed by atoms with Gasteiger partial charge in [0, 0.05) is 19.7 Å². The van der Waals surface area contributed by atoms with E-state index in [-0.39, 0.29) is 30.0 Å². The second kappa shape index (κ2) is 9.94. The molecule has 1 aliphatic rings. The van der Waals surface area contributed by atoms with Crippen LogP contribution >= 0.6 is 0 Å². The number of amides is 1. The van der Waals surface area contributed by atoms with Crippen molar-refractivity contribution in [2.75, 3.05) is 19.7 Å². The van der Waals surface area contributed by atoms with Crippen LogP contribution in [0.4, 0.5) is 0 Å². The zero-order valence-corrected chi connectivity index (χ0v) is 19.6. The zero-order chi connectivity index (χ0) is 22.6. The maximum absolute atomic E-state index is 13.7. The summed E-state index contributed by atoms with van der Waals surface area (Å²) >= 11 is 0. The highest BCUT2D eigenvalue weighted by atomic mass is 32.2. The molecule has 0 radical (unpaired) electrons. The zero-order valence-electron chi connectivity index (χ0n) is 18.8. The lowest BCUT2D eigenvalue weighted by atomic mass is 10.1. The molecule has 7 heteroatoms. The minimum atomic E-state index is -3.88. The van der Waals surface area contributed by atoms with Gasteiger partial charge in [0.15, 0.2) is 0 Å². The highest BCUT2D eigenvalue weighted by Gasteiger charge is 2.30. The number of nitrogens with zero attached hydrogens (tertiary/aromatic N) is 1. The molecule has 0 bridgehead atoms. The third-order valence-corrected chi connectivity index (χ3v) is 7.65. The molecular formula is C24H32N2O4S. The molecular weight excluding hydrogens is 412 g/mol. The first kappa shape index (κ1) is 23.4. The lowest BCUT2D eigenvalue weighted by Crippen LogP contribution is -2.42. The summed E-state index contributed by atoms with van der Waals surface area (Å²) in [4.78, 5) is 13.0. The first-order chi connectivity index (χ1) is 14.7. The number of hydrogen-bond donors (Lipinski definition) is 1. The molecule has 0 spiro atoms. The Morgan fingerprint density at radius 2 is 1.71 bits per heavy atom. The van der Waals surface area contributed by atoms with Crippen LogP contribution in [0.1, 0.15) is 40.7 Å². The molecule has 3 rings (SSSR count). The largest absolute Gasteiger partial charge is 0.376 e. The fourth-order valence-electron chi connectivity index (χ4n) is 4.07. The van der Waals surface area contributed by atoms with E-state index in [4.69, 9.17) is 4.74 Å². The van der Waals surface area contributed by atoms with Gasteiger partial charge in [-0.25, -0.2) is 8.42 Å². The van der Waals surface area contributed by atoms with Gasteiger partial charge in [-0.1, -0.05) is 47.5 Å². The van der Waals surface area contributed by atoms with Crippen molar-refractivity contribution in [2.45, 2.75) is 58.1 Å². The van der Waals surface area contributed by atoms with Gasteiger partial charge in [0.2, 0.25) is 15.9 Å². The highest BCUT2D eigenvalue weighted by molar-refractivity contribution is 7.89. The van der Waals surface area contributed by atoms with Crippen molar-refractivity contribution in [3.8, 4) is 0 Å². The van der Waals surface area contributed by atoms with E-state index in [1.54, 1.807) is 13.8 Å². The SMILES string of the molecule is Cc1ccc(CN(CC(=O)NC[C@@H]2CCCO2)S(=O)(=O)c2c(C)cc(C)cc2C)cc1. The van der Waals surface area contributed by atoms with Crippen LogP contribution in [0.5, 0.6) is 0 Å². The molecule has 0 saturated carbocycles. The van der Waals surface area contributed by atoms with Crippen molar-refractivity contribution >= 4 is 15.9 Å². The number of nitrogens with one attached hydrogen (secondary N) is 1. The van der Waals surface area contributed by atoms with Gasteiger partial charge in [-0.15, -0.1) is 0 Å². The number of hydrogen-bond acceptors (Lipinski definition) is 4. The Balaban J connectivity index is 1.86. The normalized spacial score (nSPS) is 16.6. The lowest BCUT2D eigenvalue weighted by Gasteiger charge is -2.24. The fourth-order valence-corrected chi connectivity index (χ4v) is 5.87. The summed E-state index contributed by atoms with van der Waals surface area (Å²) in [5.41, 5.74) is 4.31. The molecule has 1 aliphatic heterocycles. The van der Waals surface area contributed by atoms with E-state index in [0.29, 0.717) is 24.3 Å². The first-order valence-electron chi connectivity index (χ1n) is 10.7. The van der Waals surface area contributed by atoms with E-state index in [1.165, 1.54) is 4.31 Å². The second-order valence-electron chi connectivity index (χ2n) is 8.43. The summed E-state index contributed by atoms with van der Waals surface area (Å²) < 4.78 is 34.2. The van der Waals surface area contributed by atoms with Gasteiger partial charge in [0.25, 0.3) is 0 Å². The van der Waals surface area contributed by atoms with E-state index in [1.807, 2.05) is 50.2 Å². The lowest BCUT2D eigenvalue weighted by molar-refractivity contribution is -0.121. The van der Waals surface area contributed by atoms with Crippen molar-refractivity contribution < 1.29 is 17.9 Å². The van der Waals surface area contributed by atoms with Gasteiger partial charge in [0.1, 0.15) is 0 Å². The molecule has 0 aliphatic carbocycles. The Labute approximate surface area is 185 Å². The minimum absolute atomic E-state index is 0.00712. The van der Waals surface area contributed by atoms with Crippen molar-refractivity contribution in [1.82, 2.24) is 9.62 Å². The third kappa shape index (κ3) is 5.93. The molecule has 1 fully saturated rings. The van der Waals surface area contributed by atoms with Crippen LogP contribution in [0.25, 0.3) is 0 Å². The summed E-state index contributed by atoms with van der Waals surface area (Å²) in [7, 11) is -3.88. The van der Waals surface area contributed by atoms with Crippen molar-refractivity contribution in [1.29, 1.82) is 0 Å². The molecule has 1 amide bonds. The summed E-state index contributed by atoms with van der Waals surface area (Å²) in [6.07, 6.45) is 1.90. The monoisotopic (exact) mass is 444 g/mol. The Kier molecular flexibility index (Phi) is 7.51. The van der Waals surface area contributed by atoms with Gasteiger partial charge in [0.05, 0.1) is 17.5 Å². The molecule has 1 N–H and O–H groups in total. The molecule has 0 unspecified atom stereocenters. The molecule has 6 nitrogen and oxygen atoms in total. The second-order valence-corrected chi connectivity index (χ2v) is 10.3. The number of carbonyl (C=O) groups excluding carboxylic acids is 1. The Morgan fingerprint density at radius 3 is 2.29 bits per heavy atom. The van der Waals surface area contributed by atoms with E-state index < -0.39 is 10.0 Å². The van der Waals surface area contributed by atoms with E-state index in [2.05, 4.69) is 5.32 Å². The molecule has 1 heterocycles. The van der Waals surface area contributed by atoms with Crippen LogP contribution in [0, 0.1) is 27.7 Å². The Morgan fingerprint density at radius 1 is 1.06 bits per heavy atom. The number of rotatable bonds is 8. The van der Waals surface area contributed by atoms with E-state index in [9.17, 15) is 13.2 Å².